The maximum Gasteiger partial charge on any atom is 0.0410 e. The molecule has 0 unspecified atom stereocenters. The lowest BCUT2D eigenvalue weighted by atomic mass is 10.1. The molecule has 0 aromatic heterocycles. The van der Waals surface area contributed by atoms with E-state index in [0.717, 1.165) is 13.0 Å². The van der Waals surface area contributed by atoms with Gasteiger partial charge < -0.3 is 4.90 Å². The van der Waals surface area contributed by atoms with Gasteiger partial charge in [-0.1, -0.05) is 66.7 Å². The molecule has 0 aliphatic rings. The molecular weight excluding hydrogens is 254 g/mol. The van der Waals surface area contributed by atoms with E-state index >= 15 is 0 Å². The first-order valence-corrected chi connectivity index (χ1v) is 7.35. The highest BCUT2D eigenvalue weighted by atomic mass is 15.1. The molecule has 21 heavy (non-hydrogen) atoms. The Hall–Kier alpha value is -2.54. The van der Waals surface area contributed by atoms with Gasteiger partial charge in [-0.05, 0) is 36.2 Å². The van der Waals surface area contributed by atoms with Gasteiger partial charge in [-0.15, -0.1) is 0 Å². The van der Waals surface area contributed by atoms with Crippen molar-refractivity contribution in [3.8, 4) is 0 Å². The van der Waals surface area contributed by atoms with Crippen LogP contribution in [0.15, 0.2) is 91.0 Å². The Morgan fingerprint density at radius 1 is 0.524 bits per heavy atom. The summed E-state index contributed by atoms with van der Waals surface area (Å²) < 4.78 is 0. The molecule has 104 valence electrons. The number of benzene rings is 3. The third-order valence-corrected chi connectivity index (χ3v) is 3.60. The minimum atomic E-state index is 0.970. The van der Waals surface area contributed by atoms with Crippen molar-refractivity contribution in [2.45, 2.75) is 6.42 Å². The average molecular weight is 273 g/mol. The Morgan fingerprint density at radius 2 is 0.952 bits per heavy atom. The molecule has 1 heteroatoms. The first-order chi connectivity index (χ1) is 10.4. The van der Waals surface area contributed by atoms with Gasteiger partial charge >= 0.3 is 0 Å². The average Bonchev–Trinajstić information content (AvgIpc) is 2.58. The van der Waals surface area contributed by atoms with Gasteiger partial charge in [0, 0.05) is 17.9 Å². The van der Waals surface area contributed by atoms with Crippen molar-refractivity contribution in [1.82, 2.24) is 0 Å². The van der Waals surface area contributed by atoms with Crippen molar-refractivity contribution >= 4 is 11.4 Å². The van der Waals surface area contributed by atoms with Crippen LogP contribution in [0.25, 0.3) is 0 Å². The highest BCUT2D eigenvalue weighted by Gasteiger charge is 2.08. The van der Waals surface area contributed by atoms with Gasteiger partial charge in [-0.25, -0.2) is 0 Å². The molecule has 0 fully saturated rings. The summed E-state index contributed by atoms with van der Waals surface area (Å²) in [5.41, 5.74) is 3.84. The maximum atomic E-state index is 2.37. The molecule has 3 aromatic carbocycles. The molecule has 0 N–H and O–H groups in total. The molecule has 3 aromatic rings. The van der Waals surface area contributed by atoms with E-state index in [1.54, 1.807) is 0 Å². The van der Waals surface area contributed by atoms with Crippen LogP contribution >= 0.6 is 0 Å². The van der Waals surface area contributed by atoms with E-state index in [9.17, 15) is 0 Å². The fourth-order valence-corrected chi connectivity index (χ4v) is 2.51. The number of hydrogen-bond acceptors (Lipinski definition) is 1. The minimum Gasteiger partial charge on any atom is -0.341 e. The standard InChI is InChI=1S/C20H19N/c1-4-10-18(11-5-1)16-17-21(19-12-6-2-7-13-19)20-14-8-3-9-15-20/h1-15H,16-17H2. The van der Waals surface area contributed by atoms with Crippen LogP contribution in [0.5, 0.6) is 0 Å². The van der Waals surface area contributed by atoms with Crippen LogP contribution < -0.4 is 4.90 Å². The van der Waals surface area contributed by atoms with Gasteiger partial charge in [0.15, 0.2) is 0 Å². The Labute approximate surface area is 126 Å². The normalized spacial score (nSPS) is 10.3. The first-order valence-electron chi connectivity index (χ1n) is 7.35. The second-order valence-electron chi connectivity index (χ2n) is 5.06. The van der Waals surface area contributed by atoms with E-state index in [-0.39, 0.29) is 0 Å². The quantitative estimate of drug-likeness (QED) is 0.627. The maximum absolute atomic E-state index is 2.37. The van der Waals surface area contributed by atoms with Gasteiger partial charge in [-0.3, -0.25) is 0 Å². The van der Waals surface area contributed by atoms with E-state index in [2.05, 4.69) is 95.9 Å². The van der Waals surface area contributed by atoms with E-state index in [1.165, 1.54) is 16.9 Å². The molecule has 0 spiro atoms. The zero-order valence-electron chi connectivity index (χ0n) is 12.0. The first kappa shape index (κ1) is 13.4. The predicted octanol–water partition coefficient (Wildman–Crippen LogP) is 5.07. The van der Waals surface area contributed by atoms with Gasteiger partial charge in [-0.2, -0.15) is 0 Å². The number of nitrogens with zero attached hydrogens (tertiary/aromatic N) is 1. The van der Waals surface area contributed by atoms with Crippen LogP contribution in [-0.2, 0) is 6.42 Å². The molecule has 0 radical (unpaired) electrons. The number of para-hydroxylation sites is 2. The fourth-order valence-electron chi connectivity index (χ4n) is 2.51. The van der Waals surface area contributed by atoms with E-state index < -0.39 is 0 Å². The lowest BCUT2D eigenvalue weighted by Crippen LogP contribution is -2.20. The molecule has 0 atom stereocenters. The van der Waals surface area contributed by atoms with E-state index in [1.807, 2.05) is 0 Å². The third kappa shape index (κ3) is 3.51. The van der Waals surface area contributed by atoms with E-state index in [4.69, 9.17) is 0 Å². The van der Waals surface area contributed by atoms with E-state index in [0.29, 0.717) is 0 Å². The Morgan fingerprint density at radius 3 is 1.43 bits per heavy atom. The topological polar surface area (TPSA) is 3.24 Å². The Kier molecular flexibility index (Phi) is 4.33. The zero-order chi connectivity index (χ0) is 14.3. The second-order valence-corrected chi connectivity index (χ2v) is 5.06. The summed E-state index contributed by atoms with van der Waals surface area (Å²) in [5, 5.41) is 0. The smallest absolute Gasteiger partial charge is 0.0410 e. The summed E-state index contributed by atoms with van der Waals surface area (Å²) in [4.78, 5) is 2.37. The Bertz CT molecular complexity index is 608. The summed E-state index contributed by atoms with van der Waals surface area (Å²) in [6.07, 6.45) is 1.03. The van der Waals surface area contributed by atoms with Crippen molar-refractivity contribution < 1.29 is 0 Å². The largest absolute Gasteiger partial charge is 0.341 e. The van der Waals surface area contributed by atoms with Gasteiger partial charge in [0.05, 0.1) is 0 Å². The van der Waals surface area contributed by atoms with Gasteiger partial charge in [0.2, 0.25) is 0 Å². The molecule has 0 saturated carbocycles. The molecular formula is C20H19N. The zero-order valence-corrected chi connectivity index (χ0v) is 12.0. The van der Waals surface area contributed by atoms with Crippen LogP contribution in [-0.4, -0.2) is 6.54 Å². The molecule has 0 amide bonds. The molecule has 0 bridgehead atoms. The third-order valence-electron chi connectivity index (χ3n) is 3.60. The van der Waals surface area contributed by atoms with Gasteiger partial charge in [0.25, 0.3) is 0 Å². The van der Waals surface area contributed by atoms with Crippen LogP contribution in [0.3, 0.4) is 0 Å². The minimum absolute atomic E-state index is 0.970. The highest BCUT2D eigenvalue weighted by Crippen LogP contribution is 2.25. The fraction of sp³-hybridized carbons (Fsp3) is 0.100. The van der Waals surface area contributed by atoms with Gasteiger partial charge in [0.1, 0.15) is 0 Å². The summed E-state index contributed by atoms with van der Waals surface area (Å²) >= 11 is 0. The second kappa shape index (κ2) is 6.76. The van der Waals surface area contributed by atoms with Crippen molar-refractivity contribution in [1.29, 1.82) is 0 Å². The lowest BCUT2D eigenvalue weighted by molar-refractivity contribution is 0.914. The van der Waals surface area contributed by atoms with Crippen LogP contribution in [0, 0.1) is 0 Å². The predicted molar refractivity (Wildman–Crippen MR) is 90.0 cm³/mol. The number of rotatable bonds is 5. The molecule has 0 aliphatic carbocycles. The summed E-state index contributed by atoms with van der Waals surface area (Å²) in [5.74, 6) is 0. The molecule has 0 aliphatic heterocycles. The Balaban J connectivity index is 1.83. The van der Waals surface area contributed by atoms with Crippen LogP contribution in [0.1, 0.15) is 5.56 Å². The monoisotopic (exact) mass is 273 g/mol. The van der Waals surface area contributed by atoms with Crippen LogP contribution in [0.4, 0.5) is 11.4 Å². The molecule has 0 saturated heterocycles. The molecule has 3 rings (SSSR count). The summed E-state index contributed by atoms with van der Waals surface area (Å²) in [6.45, 7) is 0.970. The number of hydrogen-bond donors (Lipinski definition) is 0. The highest BCUT2D eigenvalue weighted by molar-refractivity contribution is 5.62. The summed E-state index contributed by atoms with van der Waals surface area (Å²) in [6, 6.07) is 31.8. The van der Waals surface area contributed by atoms with Crippen molar-refractivity contribution in [3.05, 3.63) is 96.6 Å². The number of anilines is 2. The van der Waals surface area contributed by atoms with Crippen molar-refractivity contribution in [3.63, 3.8) is 0 Å². The SMILES string of the molecule is c1ccc(CCN(c2ccccc2)c2ccccc2)cc1. The van der Waals surface area contributed by atoms with Crippen molar-refractivity contribution in [2.24, 2.45) is 0 Å². The summed E-state index contributed by atoms with van der Waals surface area (Å²) in [7, 11) is 0. The molecule has 1 nitrogen and oxygen atoms in total. The van der Waals surface area contributed by atoms with Crippen molar-refractivity contribution in [2.75, 3.05) is 11.4 Å². The lowest BCUT2D eigenvalue weighted by Gasteiger charge is -2.25. The van der Waals surface area contributed by atoms with Crippen LogP contribution in [0.2, 0.25) is 0 Å². The molecule has 0 heterocycles.